The van der Waals surface area contributed by atoms with Gasteiger partial charge < -0.3 is 4.57 Å². The third-order valence-corrected chi connectivity index (χ3v) is 6.31. The number of thioether (sulfide) groups is 1. The Morgan fingerprint density at radius 3 is 2.77 bits per heavy atom. The number of hydrogen-bond acceptors (Lipinski definition) is 8. The Kier molecular flexibility index (Phi) is 6.38. The molecule has 0 atom stereocenters. The molecule has 0 saturated heterocycles. The van der Waals surface area contributed by atoms with Crippen molar-refractivity contribution in [3.63, 3.8) is 0 Å². The first-order valence-electron chi connectivity index (χ1n) is 8.34. The summed E-state index contributed by atoms with van der Waals surface area (Å²) in [6.07, 6.45) is 1.78. The van der Waals surface area contributed by atoms with Gasteiger partial charge >= 0.3 is 0 Å². The van der Waals surface area contributed by atoms with Gasteiger partial charge in [0.05, 0.1) is 5.75 Å². The molecule has 0 spiro atoms. The summed E-state index contributed by atoms with van der Waals surface area (Å²) in [5, 5.41) is 23.7. The molecule has 7 nitrogen and oxygen atoms in total. The fraction of sp³-hybridized carbons (Fsp3) is 0.438. The minimum absolute atomic E-state index is 0.118. The second-order valence-electron chi connectivity index (χ2n) is 5.60. The van der Waals surface area contributed by atoms with Crippen LogP contribution in [0.4, 0.5) is 5.13 Å². The number of thiophene rings is 1. The van der Waals surface area contributed by atoms with Gasteiger partial charge in [0.1, 0.15) is 5.01 Å². The van der Waals surface area contributed by atoms with E-state index in [1.54, 1.807) is 11.3 Å². The van der Waals surface area contributed by atoms with E-state index in [4.69, 9.17) is 0 Å². The number of carbonyl (C=O) groups excluding carboxylic acids is 1. The van der Waals surface area contributed by atoms with Gasteiger partial charge in [-0.2, -0.15) is 0 Å². The Morgan fingerprint density at radius 1 is 1.27 bits per heavy atom. The Balaban J connectivity index is 1.67. The van der Waals surface area contributed by atoms with E-state index in [0.29, 0.717) is 5.13 Å². The van der Waals surface area contributed by atoms with Gasteiger partial charge in [-0.25, -0.2) is 0 Å². The summed E-state index contributed by atoms with van der Waals surface area (Å²) in [6, 6.07) is 2.11. The van der Waals surface area contributed by atoms with E-state index >= 15 is 0 Å². The second kappa shape index (κ2) is 8.74. The number of nitrogens with zero attached hydrogens (tertiary/aromatic N) is 5. The molecule has 0 bridgehead atoms. The summed E-state index contributed by atoms with van der Waals surface area (Å²) in [7, 11) is 0. The van der Waals surface area contributed by atoms with Gasteiger partial charge in [0.25, 0.3) is 0 Å². The minimum atomic E-state index is -0.118. The van der Waals surface area contributed by atoms with Crippen molar-refractivity contribution in [1.82, 2.24) is 25.0 Å². The van der Waals surface area contributed by atoms with Gasteiger partial charge in [-0.15, -0.1) is 31.7 Å². The molecule has 0 saturated carbocycles. The molecule has 138 valence electrons. The lowest BCUT2D eigenvalue weighted by Gasteiger charge is -2.07. The molecule has 3 rings (SSSR count). The number of aromatic nitrogens is 5. The number of rotatable bonds is 8. The lowest BCUT2D eigenvalue weighted by atomic mass is 10.3. The van der Waals surface area contributed by atoms with Gasteiger partial charge in [-0.05, 0) is 25.8 Å². The van der Waals surface area contributed by atoms with Crippen LogP contribution in [-0.4, -0.2) is 36.6 Å². The standard InChI is InChI=1S/C16H20N6OS3/c1-4-6-22-14(11-7-10(3)24-8-11)19-21-16(22)25-9-12(23)17-15-20-18-13(5-2)26-15/h7-8H,4-6,9H2,1-3H3,(H,17,20,23). The van der Waals surface area contributed by atoms with Gasteiger partial charge in [-0.1, -0.05) is 36.9 Å². The highest BCUT2D eigenvalue weighted by Crippen LogP contribution is 2.28. The summed E-state index contributed by atoms with van der Waals surface area (Å²) in [4.78, 5) is 13.4. The van der Waals surface area contributed by atoms with Crippen molar-refractivity contribution in [1.29, 1.82) is 0 Å². The molecule has 1 N–H and O–H groups in total. The average Bonchev–Trinajstić information content (AvgIpc) is 3.34. The summed E-state index contributed by atoms with van der Waals surface area (Å²) >= 11 is 4.48. The average molecular weight is 409 g/mol. The van der Waals surface area contributed by atoms with Crippen LogP contribution in [-0.2, 0) is 17.8 Å². The second-order valence-corrected chi connectivity index (χ2v) is 8.72. The maximum Gasteiger partial charge on any atom is 0.236 e. The van der Waals surface area contributed by atoms with E-state index in [-0.39, 0.29) is 11.7 Å². The monoisotopic (exact) mass is 408 g/mol. The molecule has 0 aliphatic heterocycles. The number of amides is 1. The van der Waals surface area contributed by atoms with Crippen LogP contribution >= 0.6 is 34.4 Å². The predicted octanol–water partition coefficient (Wildman–Crippen LogP) is 3.87. The van der Waals surface area contributed by atoms with Crippen molar-refractivity contribution in [3.05, 3.63) is 21.3 Å². The highest BCUT2D eigenvalue weighted by atomic mass is 32.2. The van der Waals surface area contributed by atoms with Gasteiger partial charge in [0, 0.05) is 22.4 Å². The zero-order chi connectivity index (χ0) is 18.5. The maximum atomic E-state index is 12.2. The summed E-state index contributed by atoms with van der Waals surface area (Å²) in [5.74, 6) is 0.995. The van der Waals surface area contributed by atoms with Crippen LogP contribution in [0.3, 0.4) is 0 Å². The molecule has 0 aromatic carbocycles. The van der Waals surface area contributed by atoms with Crippen LogP contribution in [0.15, 0.2) is 16.6 Å². The topological polar surface area (TPSA) is 85.6 Å². The van der Waals surface area contributed by atoms with Crippen molar-refractivity contribution in [3.8, 4) is 11.4 Å². The molecule has 10 heteroatoms. The van der Waals surface area contributed by atoms with Crippen LogP contribution in [0.5, 0.6) is 0 Å². The van der Waals surface area contributed by atoms with E-state index in [1.807, 2.05) is 6.92 Å². The van der Waals surface area contributed by atoms with E-state index in [9.17, 15) is 4.79 Å². The van der Waals surface area contributed by atoms with Crippen LogP contribution in [0.2, 0.25) is 0 Å². The highest BCUT2D eigenvalue weighted by Gasteiger charge is 2.16. The number of anilines is 1. The fourth-order valence-electron chi connectivity index (χ4n) is 2.33. The van der Waals surface area contributed by atoms with E-state index < -0.39 is 0 Å². The van der Waals surface area contributed by atoms with Gasteiger partial charge in [0.15, 0.2) is 11.0 Å². The van der Waals surface area contributed by atoms with Crippen LogP contribution in [0.25, 0.3) is 11.4 Å². The molecule has 3 aromatic heterocycles. The zero-order valence-electron chi connectivity index (χ0n) is 14.9. The Labute approximate surface area is 164 Å². The molecular formula is C16H20N6OS3. The van der Waals surface area contributed by atoms with Crippen molar-refractivity contribution < 1.29 is 4.79 Å². The molecule has 0 aliphatic carbocycles. The smallest absolute Gasteiger partial charge is 0.236 e. The predicted molar refractivity (Wildman–Crippen MR) is 107 cm³/mol. The Bertz CT molecular complexity index is 884. The van der Waals surface area contributed by atoms with Crippen molar-refractivity contribution in [2.45, 2.75) is 45.3 Å². The maximum absolute atomic E-state index is 12.2. The molecule has 1 amide bonds. The summed E-state index contributed by atoms with van der Waals surface area (Å²) < 4.78 is 2.08. The number of aryl methyl sites for hydroxylation is 2. The SMILES string of the molecule is CCCn1c(SCC(=O)Nc2nnc(CC)s2)nnc1-c1csc(C)c1. The Morgan fingerprint density at radius 2 is 2.12 bits per heavy atom. The van der Waals surface area contributed by atoms with Crippen LogP contribution in [0.1, 0.15) is 30.2 Å². The molecule has 0 aliphatic rings. The third kappa shape index (κ3) is 4.49. The third-order valence-electron chi connectivity index (χ3n) is 3.50. The van der Waals surface area contributed by atoms with Gasteiger partial charge in [-0.3, -0.25) is 10.1 Å². The first-order valence-corrected chi connectivity index (χ1v) is 11.0. The Hall–Kier alpha value is -1.78. The minimum Gasteiger partial charge on any atom is -0.302 e. The van der Waals surface area contributed by atoms with E-state index in [2.05, 4.69) is 55.6 Å². The molecule has 3 aromatic rings. The van der Waals surface area contributed by atoms with Crippen LogP contribution < -0.4 is 5.32 Å². The fourth-order valence-corrected chi connectivity index (χ4v) is 4.47. The van der Waals surface area contributed by atoms with E-state index in [1.165, 1.54) is 28.0 Å². The molecule has 0 fully saturated rings. The van der Waals surface area contributed by atoms with Crippen molar-refractivity contribution >= 4 is 45.5 Å². The quantitative estimate of drug-likeness (QED) is 0.570. The zero-order valence-corrected chi connectivity index (χ0v) is 17.3. The normalized spacial score (nSPS) is 11.0. The lowest BCUT2D eigenvalue weighted by Crippen LogP contribution is -2.14. The summed E-state index contributed by atoms with van der Waals surface area (Å²) in [5.41, 5.74) is 1.07. The largest absolute Gasteiger partial charge is 0.302 e. The molecule has 26 heavy (non-hydrogen) atoms. The molecule has 0 radical (unpaired) electrons. The lowest BCUT2D eigenvalue weighted by molar-refractivity contribution is -0.113. The summed E-state index contributed by atoms with van der Waals surface area (Å²) in [6.45, 7) is 7.02. The first-order chi connectivity index (χ1) is 12.6. The van der Waals surface area contributed by atoms with Gasteiger partial charge in [0.2, 0.25) is 11.0 Å². The van der Waals surface area contributed by atoms with E-state index in [0.717, 1.165) is 40.9 Å². The molecule has 3 heterocycles. The molecule has 0 unspecified atom stereocenters. The number of carbonyl (C=O) groups is 1. The highest BCUT2D eigenvalue weighted by molar-refractivity contribution is 7.99. The number of hydrogen-bond donors (Lipinski definition) is 1. The van der Waals surface area contributed by atoms with Crippen molar-refractivity contribution in [2.75, 3.05) is 11.1 Å². The number of nitrogens with one attached hydrogen (secondary N) is 1. The first kappa shape index (κ1) is 19.0. The van der Waals surface area contributed by atoms with Crippen LogP contribution in [0, 0.1) is 6.92 Å². The van der Waals surface area contributed by atoms with Crippen molar-refractivity contribution in [2.24, 2.45) is 0 Å². The molecular weight excluding hydrogens is 388 g/mol.